The lowest BCUT2D eigenvalue weighted by Crippen LogP contribution is -2.25. The van der Waals surface area contributed by atoms with Gasteiger partial charge >= 0.3 is 0 Å². The van der Waals surface area contributed by atoms with Crippen LogP contribution in [0.25, 0.3) is 0 Å². The van der Waals surface area contributed by atoms with Gasteiger partial charge in [-0.1, -0.05) is 0 Å². The van der Waals surface area contributed by atoms with E-state index in [-0.39, 0.29) is 11.8 Å². The summed E-state index contributed by atoms with van der Waals surface area (Å²) in [5.41, 5.74) is 1.10. The average Bonchev–Trinajstić information content (AvgIpc) is 2.75. The molecule has 0 radical (unpaired) electrons. The standard InChI is InChI=1S/C20H26N4O4/c25-19(17-5-1-7-21-15-17)23-9-3-11-27-13-14-28-12-4-10-24-20(26)18-6-2-8-22-16-18/h1-2,5-8,15-16H,3-4,9-14H2,(H,23,25)(H,24,26). The van der Waals surface area contributed by atoms with Crippen LogP contribution in [0.15, 0.2) is 49.1 Å². The van der Waals surface area contributed by atoms with Crippen LogP contribution in [-0.2, 0) is 9.47 Å². The smallest absolute Gasteiger partial charge is 0.252 e. The largest absolute Gasteiger partial charge is 0.379 e. The molecule has 0 saturated heterocycles. The second kappa shape index (κ2) is 13.3. The number of pyridine rings is 2. The van der Waals surface area contributed by atoms with Gasteiger partial charge in [0.05, 0.1) is 24.3 Å². The maximum atomic E-state index is 11.8. The van der Waals surface area contributed by atoms with E-state index in [1.165, 1.54) is 12.4 Å². The van der Waals surface area contributed by atoms with Crippen molar-refractivity contribution in [3.8, 4) is 0 Å². The topological polar surface area (TPSA) is 102 Å². The molecule has 2 N–H and O–H groups in total. The van der Waals surface area contributed by atoms with Gasteiger partial charge in [-0.3, -0.25) is 19.6 Å². The minimum absolute atomic E-state index is 0.132. The molecule has 0 fully saturated rings. The number of amides is 2. The van der Waals surface area contributed by atoms with Crippen LogP contribution >= 0.6 is 0 Å². The first-order valence-corrected chi connectivity index (χ1v) is 9.29. The number of hydrogen-bond acceptors (Lipinski definition) is 6. The summed E-state index contributed by atoms with van der Waals surface area (Å²) in [6, 6.07) is 6.90. The summed E-state index contributed by atoms with van der Waals surface area (Å²) in [6.45, 7) is 3.20. The van der Waals surface area contributed by atoms with E-state index in [4.69, 9.17) is 9.47 Å². The van der Waals surface area contributed by atoms with Crippen LogP contribution in [0.3, 0.4) is 0 Å². The fraction of sp³-hybridized carbons (Fsp3) is 0.400. The molecule has 2 aromatic rings. The molecule has 0 atom stereocenters. The van der Waals surface area contributed by atoms with Gasteiger partial charge in [-0.05, 0) is 37.1 Å². The third kappa shape index (κ3) is 8.70. The summed E-state index contributed by atoms with van der Waals surface area (Å²) in [7, 11) is 0. The molecule has 2 heterocycles. The second-order valence-corrected chi connectivity index (χ2v) is 5.93. The first-order chi connectivity index (χ1) is 13.8. The molecule has 2 amide bonds. The second-order valence-electron chi connectivity index (χ2n) is 5.93. The molecule has 0 aliphatic carbocycles. The van der Waals surface area contributed by atoms with Gasteiger partial charge in [-0.2, -0.15) is 0 Å². The number of carbonyl (C=O) groups is 2. The Kier molecular flexibility index (Phi) is 10.2. The molecule has 2 rings (SSSR count). The fourth-order valence-electron chi connectivity index (χ4n) is 2.27. The lowest BCUT2D eigenvalue weighted by Gasteiger charge is -2.08. The van der Waals surface area contributed by atoms with Crippen molar-refractivity contribution in [2.75, 3.05) is 39.5 Å². The van der Waals surface area contributed by atoms with Gasteiger partial charge in [0, 0.05) is 51.1 Å². The van der Waals surface area contributed by atoms with Crippen molar-refractivity contribution in [2.45, 2.75) is 12.8 Å². The molecule has 150 valence electrons. The normalized spacial score (nSPS) is 10.4. The molecular weight excluding hydrogens is 360 g/mol. The van der Waals surface area contributed by atoms with Crippen molar-refractivity contribution in [1.82, 2.24) is 20.6 Å². The van der Waals surface area contributed by atoms with Gasteiger partial charge in [-0.15, -0.1) is 0 Å². The zero-order chi connectivity index (χ0) is 19.9. The fourth-order valence-corrected chi connectivity index (χ4v) is 2.27. The number of aromatic nitrogens is 2. The van der Waals surface area contributed by atoms with E-state index in [1.807, 2.05) is 0 Å². The predicted molar refractivity (Wildman–Crippen MR) is 104 cm³/mol. The van der Waals surface area contributed by atoms with Crippen LogP contribution < -0.4 is 10.6 Å². The summed E-state index contributed by atoms with van der Waals surface area (Å²) in [4.78, 5) is 31.4. The molecule has 0 saturated carbocycles. The number of carbonyl (C=O) groups excluding carboxylic acids is 2. The molecule has 28 heavy (non-hydrogen) atoms. The third-order valence-corrected chi connectivity index (χ3v) is 3.72. The van der Waals surface area contributed by atoms with Crippen molar-refractivity contribution in [2.24, 2.45) is 0 Å². The quantitative estimate of drug-likeness (QED) is 0.505. The first-order valence-electron chi connectivity index (χ1n) is 9.29. The molecule has 0 aliphatic heterocycles. The van der Waals surface area contributed by atoms with E-state index in [0.717, 1.165) is 12.8 Å². The molecule has 2 aromatic heterocycles. The highest BCUT2D eigenvalue weighted by Gasteiger charge is 2.04. The zero-order valence-electron chi connectivity index (χ0n) is 15.8. The Hall–Kier alpha value is -2.84. The summed E-state index contributed by atoms with van der Waals surface area (Å²) < 4.78 is 10.9. The monoisotopic (exact) mass is 386 g/mol. The van der Waals surface area contributed by atoms with Crippen LogP contribution in [0.4, 0.5) is 0 Å². The van der Waals surface area contributed by atoms with Crippen molar-refractivity contribution < 1.29 is 19.1 Å². The lowest BCUT2D eigenvalue weighted by molar-refractivity contribution is 0.0459. The molecule has 8 nitrogen and oxygen atoms in total. The number of rotatable bonds is 13. The van der Waals surface area contributed by atoms with Crippen molar-refractivity contribution in [1.29, 1.82) is 0 Å². The SMILES string of the molecule is O=C(NCCCOCCOCCCNC(=O)c1cccnc1)c1cccnc1. The minimum Gasteiger partial charge on any atom is -0.379 e. The first kappa shape index (κ1) is 21.5. The van der Waals surface area contributed by atoms with E-state index in [0.29, 0.717) is 50.6 Å². The minimum atomic E-state index is -0.132. The highest BCUT2D eigenvalue weighted by atomic mass is 16.5. The predicted octanol–water partition coefficient (Wildman–Crippen LogP) is 1.45. The van der Waals surface area contributed by atoms with Gasteiger partial charge in [0.15, 0.2) is 0 Å². The number of hydrogen-bond donors (Lipinski definition) is 2. The van der Waals surface area contributed by atoms with E-state index < -0.39 is 0 Å². The van der Waals surface area contributed by atoms with Crippen molar-refractivity contribution >= 4 is 11.8 Å². The highest BCUT2D eigenvalue weighted by Crippen LogP contribution is 1.96. The summed E-state index contributed by atoms with van der Waals surface area (Å²) in [6.07, 6.45) is 7.79. The third-order valence-electron chi connectivity index (χ3n) is 3.72. The van der Waals surface area contributed by atoms with Crippen molar-refractivity contribution in [3.63, 3.8) is 0 Å². The van der Waals surface area contributed by atoms with Gasteiger partial charge in [0.1, 0.15) is 0 Å². The van der Waals surface area contributed by atoms with Crippen LogP contribution in [0.1, 0.15) is 33.6 Å². The van der Waals surface area contributed by atoms with E-state index in [2.05, 4.69) is 20.6 Å². The van der Waals surface area contributed by atoms with Crippen LogP contribution in [-0.4, -0.2) is 61.3 Å². The van der Waals surface area contributed by atoms with E-state index in [1.54, 1.807) is 36.7 Å². The number of nitrogens with zero attached hydrogens (tertiary/aromatic N) is 2. The van der Waals surface area contributed by atoms with Crippen LogP contribution in [0.5, 0.6) is 0 Å². The molecule has 8 heteroatoms. The van der Waals surface area contributed by atoms with Crippen molar-refractivity contribution in [3.05, 3.63) is 60.2 Å². The Morgan fingerprint density at radius 1 is 0.750 bits per heavy atom. The maximum Gasteiger partial charge on any atom is 0.252 e. The molecule has 0 aliphatic rings. The Morgan fingerprint density at radius 3 is 1.61 bits per heavy atom. The summed E-state index contributed by atoms with van der Waals surface area (Å²) >= 11 is 0. The van der Waals surface area contributed by atoms with Gasteiger partial charge in [-0.25, -0.2) is 0 Å². The molecule has 0 unspecified atom stereocenters. The lowest BCUT2D eigenvalue weighted by atomic mass is 10.2. The maximum absolute atomic E-state index is 11.8. The molecule has 0 bridgehead atoms. The van der Waals surface area contributed by atoms with Crippen LogP contribution in [0, 0.1) is 0 Å². The van der Waals surface area contributed by atoms with E-state index in [9.17, 15) is 9.59 Å². The average molecular weight is 386 g/mol. The van der Waals surface area contributed by atoms with E-state index >= 15 is 0 Å². The Balaban J connectivity index is 1.36. The Labute approximate surface area is 164 Å². The molecule has 0 spiro atoms. The highest BCUT2D eigenvalue weighted by molar-refractivity contribution is 5.94. The van der Waals surface area contributed by atoms with Gasteiger partial charge in [0.25, 0.3) is 11.8 Å². The number of nitrogens with one attached hydrogen (secondary N) is 2. The summed E-state index contributed by atoms with van der Waals surface area (Å²) in [5.74, 6) is -0.265. The molecular formula is C20H26N4O4. The summed E-state index contributed by atoms with van der Waals surface area (Å²) in [5, 5.41) is 5.63. The Bertz CT molecular complexity index is 636. The van der Waals surface area contributed by atoms with Gasteiger partial charge in [0.2, 0.25) is 0 Å². The Morgan fingerprint density at radius 2 is 1.21 bits per heavy atom. The van der Waals surface area contributed by atoms with Gasteiger partial charge < -0.3 is 20.1 Å². The number of ether oxygens (including phenoxy) is 2. The van der Waals surface area contributed by atoms with Crippen LogP contribution in [0.2, 0.25) is 0 Å². The zero-order valence-corrected chi connectivity index (χ0v) is 15.8. The molecule has 0 aromatic carbocycles.